The van der Waals surface area contributed by atoms with Crippen LogP contribution in [-0.2, 0) is 21.9 Å². The number of hydrogen-bond donors (Lipinski definition) is 1. The summed E-state index contributed by atoms with van der Waals surface area (Å²) in [5.41, 5.74) is 0. The van der Waals surface area contributed by atoms with Gasteiger partial charge in [-0.15, -0.1) is 0 Å². The lowest BCUT2D eigenvalue weighted by Gasteiger charge is -2.31. The molecule has 0 spiro atoms. The number of piperidine rings is 1. The second-order valence-corrected chi connectivity index (χ2v) is 8.03. The van der Waals surface area contributed by atoms with Crippen LogP contribution in [0.5, 0.6) is 0 Å². The highest BCUT2D eigenvalue weighted by Gasteiger charge is 2.31. The van der Waals surface area contributed by atoms with Crippen molar-refractivity contribution in [3.05, 3.63) is 12.5 Å². The molecule has 1 aromatic rings. The minimum Gasteiger partial charge on any atom is -0.356 e. The van der Waals surface area contributed by atoms with Crippen LogP contribution in [0.4, 0.5) is 0 Å². The van der Waals surface area contributed by atoms with Gasteiger partial charge in [-0.25, -0.2) is 13.4 Å². The summed E-state index contributed by atoms with van der Waals surface area (Å²) in [6, 6.07) is 0. The van der Waals surface area contributed by atoms with Crippen LogP contribution in [0.1, 0.15) is 26.7 Å². The summed E-state index contributed by atoms with van der Waals surface area (Å²) in [5, 5.41) is 2.97. The van der Waals surface area contributed by atoms with E-state index >= 15 is 0 Å². The van der Waals surface area contributed by atoms with E-state index in [0.29, 0.717) is 19.6 Å². The van der Waals surface area contributed by atoms with Gasteiger partial charge >= 0.3 is 0 Å². The zero-order valence-electron chi connectivity index (χ0n) is 13.3. The van der Waals surface area contributed by atoms with E-state index in [-0.39, 0.29) is 22.8 Å². The molecule has 8 heteroatoms. The summed E-state index contributed by atoms with van der Waals surface area (Å²) in [7, 11) is -1.80. The van der Waals surface area contributed by atoms with Gasteiger partial charge in [0.05, 0.1) is 6.33 Å². The van der Waals surface area contributed by atoms with Crippen LogP contribution in [0.25, 0.3) is 0 Å². The van der Waals surface area contributed by atoms with E-state index in [9.17, 15) is 13.2 Å². The Morgan fingerprint density at radius 2 is 2.23 bits per heavy atom. The van der Waals surface area contributed by atoms with Gasteiger partial charge in [0.25, 0.3) is 10.0 Å². The number of aromatic nitrogens is 2. The third-order valence-electron chi connectivity index (χ3n) is 3.86. The van der Waals surface area contributed by atoms with Crippen molar-refractivity contribution in [3.8, 4) is 0 Å². The Bertz CT molecular complexity index is 624. The molecular weight excluding hydrogens is 304 g/mol. The highest BCUT2D eigenvalue weighted by atomic mass is 32.2. The minimum absolute atomic E-state index is 0.00436. The van der Waals surface area contributed by atoms with Gasteiger partial charge in [0.2, 0.25) is 5.91 Å². The molecule has 1 atom stereocenters. The molecular formula is C14H24N4O3S. The first-order chi connectivity index (χ1) is 10.3. The molecule has 0 unspecified atom stereocenters. The molecule has 1 fully saturated rings. The Morgan fingerprint density at radius 3 is 2.82 bits per heavy atom. The fourth-order valence-electron chi connectivity index (χ4n) is 2.52. The molecule has 1 amide bonds. The normalized spacial score (nSPS) is 20.3. The number of nitrogens with one attached hydrogen (secondary N) is 1. The Hall–Kier alpha value is -1.41. The molecule has 1 aliphatic heterocycles. The summed E-state index contributed by atoms with van der Waals surface area (Å²) in [4.78, 5) is 15.6. The van der Waals surface area contributed by atoms with Crippen molar-refractivity contribution in [1.82, 2.24) is 19.2 Å². The summed E-state index contributed by atoms with van der Waals surface area (Å²) < 4.78 is 28.2. The zero-order chi connectivity index (χ0) is 16.3. The fraction of sp³-hybridized carbons (Fsp3) is 0.714. The van der Waals surface area contributed by atoms with Gasteiger partial charge in [-0.1, -0.05) is 13.8 Å². The highest BCUT2D eigenvalue weighted by Crippen LogP contribution is 2.22. The maximum absolute atomic E-state index is 12.6. The lowest BCUT2D eigenvalue weighted by atomic mass is 9.99. The predicted molar refractivity (Wildman–Crippen MR) is 82.5 cm³/mol. The van der Waals surface area contributed by atoms with Crippen molar-refractivity contribution in [2.75, 3.05) is 19.6 Å². The molecule has 0 saturated carbocycles. The summed E-state index contributed by atoms with van der Waals surface area (Å²) >= 11 is 0. The average Bonchev–Trinajstić information content (AvgIpc) is 2.92. The predicted octanol–water partition coefficient (Wildman–Crippen LogP) is 0.593. The van der Waals surface area contributed by atoms with E-state index in [4.69, 9.17) is 0 Å². The van der Waals surface area contributed by atoms with Gasteiger partial charge in [0.1, 0.15) is 0 Å². The largest absolute Gasteiger partial charge is 0.356 e. The number of carbonyl (C=O) groups excluding carboxylic acids is 1. The maximum Gasteiger partial charge on any atom is 0.262 e. The average molecular weight is 328 g/mol. The number of rotatable bonds is 5. The molecule has 0 aliphatic carbocycles. The molecule has 0 bridgehead atoms. The van der Waals surface area contributed by atoms with E-state index in [2.05, 4.69) is 10.3 Å². The number of hydrogen-bond acceptors (Lipinski definition) is 4. The highest BCUT2D eigenvalue weighted by molar-refractivity contribution is 7.89. The molecule has 2 rings (SSSR count). The van der Waals surface area contributed by atoms with Gasteiger partial charge in [0, 0.05) is 38.8 Å². The van der Waals surface area contributed by atoms with E-state index in [1.54, 1.807) is 11.6 Å². The standard InChI is InChI=1S/C14H24N4O3S/c1-11(2)14(19)15-7-12-5-4-6-18(8-12)22(20,21)13-9-17(3)10-16-13/h9-12H,4-8H2,1-3H3,(H,15,19)/t12-/m0/s1. The Balaban J connectivity index is 2.00. The van der Waals surface area contributed by atoms with Crippen molar-refractivity contribution in [1.29, 1.82) is 0 Å². The van der Waals surface area contributed by atoms with Gasteiger partial charge in [-0.05, 0) is 18.8 Å². The van der Waals surface area contributed by atoms with Crippen LogP contribution in [0.3, 0.4) is 0 Å². The van der Waals surface area contributed by atoms with Crippen LogP contribution in [0.2, 0.25) is 0 Å². The minimum atomic E-state index is -3.54. The molecule has 22 heavy (non-hydrogen) atoms. The van der Waals surface area contributed by atoms with Gasteiger partial charge < -0.3 is 9.88 Å². The Labute approximate surface area is 131 Å². The van der Waals surface area contributed by atoms with Crippen molar-refractivity contribution < 1.29 is 13.2 Å². The first kappa shape index (κ1) is 17.0. The summed E-state index contributed by atoms with van der Waals surface area (Å²) in [5.74, 6) is 0.0941. The number of aryl methyl sites for hydroxylation is 1. The smallest absolute Gasteiger partial charge is 0.262 e. The van der Waals surface area contributed by atoms with E-state index in [1.165, 1.54) is 16.8 Å². The quantitative estimate of drug-likeness (QED) is 0.857. The zero-order valence-corrected chi connectivity index (χ0v) is 14.1. The SMILES string of the molecule is CC(C)C(=O)NC[C@@H]1CCCN(S(=O)(=O)c2cn(C)cn2)C1. The molecule has 7 nitrogen and oxygen atoms in total. The van der Waals surface area contributed by atoms with Crippen molar-refractivity contribution in [3.63, 3.8) is 0 Å². The second-order valence-electron chi connectivity index (χ2n) is 6.15. The molecule has 2 heterocycles. The van der Waals surface area contributed by atoms with E-state index < -0.39 is 10.0 Å². The number of carbonyl (C=O) groups is 1. The lowest BCUT2D eigenvalue weighted by Crippen LogP contribution is -2.44. The summed E-state index contributed by atoms with van der Waals surface area (Å²) in [6.07, 6.45) is 4.72. The van der Waals surface area contributed by atoms with Gasteiger partial charge in [-0.3, -0.25) is 4.79 Å². The molecule has 0 aromatic carbocycles. The number of imidazole rings is 1. The van der Waals surface area contributed by atoms with Crippen molar-refractivity contribution in [2.24, 2.45) is 18.9 Å². The Kier molecular flexibility index (Phi) is 5.23. The van der Waals surface area contributed by atoms with E-state index in [0.717, 1.165) is 12.8 Å². The van der Waals surface area contributed by atoms with E-state index in [1.807, 2.05) is 13.8 Å². The first-order valence-electron chi connectivity index (χ1n) is 7.56. The fourth-order valence-corrected chi connectivity index (χ4v) is 4.04. The first-order valence-corrected chi connectivity index (χ1v) is 9.00. The molecule has 1 aliphatic rings. The van der Waals surface area contributed by atoms with Crippen LogP contribution in [0, 0.1) is 11.8 Å². The van der Waals surface area contributed by atoms with Crippen LogP contribution < -0.4 is 5.32 Å². The van der Waals surface area contributed by atoms with Crippen molar-refractivity contribution in [2.45, 2.75) is 31.7 Å². The molecule has 1 N–H and O–H groups in total. The number of amides is 1. The maximum atomic E-state index is 12.6. The molecule has 124 valence electrons. The van der Waals surface area contributed by atoms with Crippen LogP contribution in [0.15, 0.2) is 17.6 Å². The Morgan fingerprint density at radius 1 is 1.50 bits per heavy atom. The number of sulfonamides is 1. The number of nitrogens with zero attached hydrogens (tertiary/aromatic N) is 3. The third-order valence-corrected chi connectivity index (χ3v) is 5.61. The monoisotopic (exact) mass is 328 g/mol. The third kappa shape index (κ3) is 3.86. The lowest BCUT2D eigenvalue weighted by molar-refractivity contribution is -0.124. The topological polar surface area (TPSA) is 84.3 Å². The second kappa shape index (κ2) is 6.78. The molecule has 1 aromatic heterocycles. The molecule has 0 radical (unpaired) electrons. The van der Waals surface area contributed by atoms with Crippen LogP contribution >= 0.6 is 0 Å². The molecule has 1 saturated heterocycles. The van der Waals surface area contributed by atoms with Crippen LogP contribution in [-0.4, -0.2) is 47.8 Å². The van der Waals surface area contributed by atoms with Crippen molar-refractivity contribution >= 4 is 15.9 Å². The van der Waals surface area contributed by atoms with Gasteiger partial charge in [0.15, 0.2) is 5.03 Å². The summed E-state index contributed by atoms with van der Waals surface area (Å²) in [6.45, 7) is 5.14. The van der Waals surface area contributed by atoms with Gasteiger partial charge in [-0.2, -0.15) is 4.31 Å².